The molecular weight excluding hydrogens is 218 g/mol. The molecule has 0 amide bonds. The molecule has 1 aliphatic rings. The third kappa shape index (κ3) is 2.22. The molecule has 1 aliphatic heterocycles. The van der Waals surface area contributed by atoms with E-state index in [4.69, 9.17) is 15.6 Å². The van der Waals surface area contributed by atoms with E-state index in [9.17, 15) is 4.79 Å². The van der Waals surface area contributed by atoms with Crippen molar-refractivity contribution in [3.05, 3.63) is 29.3 Å². The van der Waals surface area contributed by atoms with E-state index in [1.165, 1.54) is 6.07 Å². The molecule has 2 rings (SSSR count). The van der Waals surface area contributed by atoms with Gasteiger partial charge in [-0.1, -0.05) is 6.07 Å². The Morgan fingerprint density at radius 3 is 2.93 bits per heavy atom. The van der Waals surface area contributed by atoms with Crippen molar-refractivity contribution in [1.82, 2.24) is 0 Å². The summed E-state index contributed by atoms with van der Waals surface area (Å²) >= 11 is 0. The predicted molar refractivity (Wildman–Crippen MR) is 57.7 cm³/mol. The number of rotatable bonds is 1. The number of halogens is 1. The third-order valence-electron chi connectivity index (χ3n) is 2.35. The Balaban J connectivity index is 0.00000112. The Labute approximate surface area is 93.4 Å². The van der Waals surface area contributed by atoms with Crippen LogP contribution < -0.4 is 10.5 Å². The summed E-state index contributed by atoms with van der Waals surface area (Å²) in [7, 11) is 0. The molecule has 0 aliphatic carbocycles. The average Bonchev–Trinajstić information content (AvgIpc) is 2.17. The van der Waals surface area contributed by atoms with Crippen molar-refractivity contribution in [2.24, 2.45) is 5.73 Å². The fourth-order valence-corrected chi connectivity index (χ4v) is 1.55. The van der Waals surface area contributed by atoms with Gasteiger partial charge < -0.3 is 15.6 Å². The number of benzene rings is 1. The van der Waals surface area contributed by atoms with Crippen LogP contribution in [0.1, 0.15) is 28.4 Å². The summed E-state index contributed by atoms with van der Waals surface area (Å²) < 4.78 is 5.34. The van der Waals surface area contributed by atoms with Gasteiger partial charge in [0.05, 0.1) is 12.2 Å². The molecule has 15 heavy (non-hydrogen) atoms. The van der Waals surface area contributed by atoms with Gasteiger partial charge in [0.2, 0.25) is 0 Å². The molecule has 0 fully saturated rings. The van der Waals surface area contributed by atoms with Gasteiger partial charge in [-0.25, -0.2) is 4.79 Å². The summed E-state index contributed by atoms with van der Waals surface area (Å²) in [4.78, 5) is 10.7. The highest BCUT2D eigenvalue weighted by Gasteiger charge is 2.19. The summed E-state index contributed by atoms with van der Waals surface area (Å²) in [5.74, 6) is -0.348. The van der Waals surface area contributed by atoms with Crippen LogP contribution in [0.15, 0.2) is 18.2 Å². The normalized spacial score (nSPS) is 18.3. The first-order chi connectivity index (χ1) is 6.68. The fourth-order valence-electron chi connectivity index (χ4n) is 1.55. The number of hydrogen-bond acceptors (Lipinski definition) is 3. The minimum Gasteiger partial charge on any atom is -0.493 e. The van der Waals surface area contributed by atoms with E-state index in [0.29, 0.717) is 12.4 Å². The van der Waals surface area contributed by atoms with Crippen molar-refractivity contribution in [1.29, 1.82) is 0 Å². The average molecular weight is 230 g/mol. The van der Waals surface area contributed by atoms with Crippen molar-refractivity contribution in [2.45, 2.75) is 12.5 Å². The van der Waals surface area contributed by atoms with Gasteiger partial charge in [0.15, 0.2) is 0 Å². The van der Waals surface area contributed by atoms with Crippen molar-refractivity contribution in [2.75, 3.05) is 6.61 Å². The van der Waals surface area contributed by atoms with Crippen molar-refractivity contribution >= 4 is 18.4 Å². The van der Waals surface area contributed by atoms with E-state index < -0.39 is 5.97 Å². The standard InChI is InChI=1S/C10H11NO3.ClH/c11-8-3-4-14-9-5-6(10(12)13)1-2-7(8)9;/h1-2,5,8H,3-4,11H2,(H,12,13);1H/t8-;/m1./s1. The van der Waals surface area contributed by atoms with Crippen molar-refractivity contribution in [3.8, 4) is 5.75 Å². The van der Waals surface area contributed by atoms with Crippen LogP contribution in [0.3, 0.4) is 0 Å². The van der Waals surface area contributed by atoms with E-state index >= 15 is 0 Å². The molecule has 82 valence electrons. The summed E-state index contributed by atoms with van der Waals surface area (Å²) in [5, 5.41) is 8.77. The van der Waals surface area contributed by atoms with Crippen LogP contribution in [0.2, 0.25) is 0 Å². The number of ether oxygens (including phenoxy) is 1. The minimum absolute atomic E-state index is 0. The van der Waals surface area contributed by atoms with Crippen LogP contribution in [-0.4, -0.2) is 17.7 Å². The number of carbonyl (C=O) groups is 1. The first kappa shape index (κ1) is 11.8. The fraction of sp³-hybridized carbons (Fsp3) is 0.300. The molecular formula is C10H12ClNO3. The summed E-state index contributed by atoms with van der Waals surface area (Å²) in [6, 6.07) is 4.76. The molecule has 0 spiro atoms. The van der Waals surface area contributed by atoms with E-state index in [1.54, 1.807) is 12.1 Å². The zero-order valence-electron chi connectivity index (χ0n) is 7.97. The smallest absolute Gasteiger partial charge is 0.335 e. The van der Waals surface area contributed by atoms with Crippen LogP contribution >= 0.6 is 12.4 Å². The van der Waals surface area contributed by atoms with E-state index in [-0.39, 0.29) is 24.0 Å². The van der Waals surface area contributed by atoms with Gasteiger partial charge in [-0.2, -0.15) is 0 Å². The monoisotopic (exact) mass is 229 g/mol. The molecule has 1 aromatic carbocycles. The lowest BCUT2D eigenvalue weighted by molar-refractivity contribution is 0.0696. The van der Waals surface area contributed by atoms with Crippen molar-refractivity contribution in [3.63, 3.8) is 0 Å². The van der Waals surface area contributed by atoms with Crippen molar-refractivity contribution < 1.29 is 14.6 Å². The maximum atomic E-state index is 10.7. The summed E-state index contributed by atoms with van der Waals surface area (Å²) in [6.07, 6.45) is 0.777. The first-order valence-electron chi connectivity index (χ1n) is 4.44. The van der Waals surface area contributed by atoms with Gasteiger partial charge in [-0.05, 0) is 12.1 Å². The topological polar surface area (TPSA) is 72.5 Å². The van der Waals surface area contributed by atoms with Gasteiger partial charge in [-0.3, -0.25) is 0 Å². The number of hydrogen-bond donors (Lipinski definition) is 2. The predicted octanol–water partition coefficient (Wildman–Crippen LogP) is 1.59. The molecule has 0 radical (unpaired) electrons. The molecule has 0 unspecified atom stereocenters. The lowest BCUT2D eigenvalue weighted by Gasteiger charge is -2.22. The number of aromatic carboxylic acids is 1. The number of carboxylic acid groups (broad SMARTS) is 1. The summed E-state index contributed by atoms with van der Waals surface area (Å²) in [6.45, 7) is 0.553. The number of fused-ring (bicyclic) bond motifs is 1. The molecule has 0 aromatic heterocycles. The van der Waals surface area contributed by atoms with E-state index in [0.717, 1.165) is 12.0 Å². The van der Waals surface area contributed by atoms with Crippen LogP contribution in [0.5, 0.6) is 5.75 Å². The van der Waals surface area contributed by atoms with E-state index in [1.807, 2.05) is 0 Å². The Morgan fingerprint density at radius 1 is 1.53 bits per heavy atom. The van der Waals surface area contributed by atoms with Crippen LogP contribution in [0, 0.1) is 0 Å². The van der Waals surface area contributed by atoms with Crippen LogP contribution in [-0.2, 0) is 0 Å². The van der Waals surface area contributed by atoms with Gasteiger partial charge in [-0.15, -0.1) is 12.4 Å². The molecule has 0 saturated heterocycles. The lowest BCUT2D eigenvalue weighted by atomic mass is 10.00. The second-order valence-electron chi connectivity index (χ2n) is 3.30. The highest BCUT2D eigenvalue weighted by molar-refractivity contribution is 5.88. The third-order valence-corrected chi connectivity index (χ3v) is 2.35. The highest BCUT2D eigenvalue weighted by atomic mass is 35.5. The zero-order chi connectivity index (χ0) is 10.1. The minimum atomic E-state index is -0.949. The molecule has 4 nitrogen and oxygen atoms in total. The second-order valence-corrected chi connectivity index (χ2v) is 3.30. The molecule has 0 bridgehead atoms. The van der Waals surface area contributed by atoms with Gasteiger partial charge in [0.25, 0.3) is 0 Å². The van der Waals surface area contributed by atoms with Gasteiger partial charge in [0, 0.05) is 18.0 Å². The van der Waals surface area contributed by atoms with Crippen LogP contribution in [0.25, 0.3) is 0 Å². The number of nitrogens with two attached hydrogens (primary N) is 1. The van der Waals surface area contributed by atoms with Gasteiger partial charge >= 0.3 is 5.97 Å². The Kier molecular flexibility index (Phi) is 3.55. The molecule has 3 N–H and O–H groups in total. The maximum absolute atomic E-state index is 10.7. The Morgan fingerprint density at radius 2 is 2.27 bits per heavy atom. The molecule has 5 heteroatoms. The Bertz CT molecular complexity index is 381. The summed E-state index contributed by atoms with van der Waals surface area (Å²) in [5.41, 5.74) is 6.97. The molecule has 1 atom stereocenters. The molecule has 1 heterocycles. The Hall–Kier alpha value is -1.26. The zero-order valence-corrected chi connectivity index (χ0v) is 8.79. The van der Waals surface area contributed by atoms with Crippen LogP contribution in [0.4, 0.5) is 0 Å². The number of carboxylic acids is 1. The van der Waals surface area contributed by atoms with Gasteiger partial charge in [0.1, 0.15) is 5.75 Å². The largest absolute Gasteiger partial charge is 0.493 e. The molecule has 1 aromatic rings. The SMILES string of the molecule is Cl.N[C@@H]1CCOc2cc(C(=O)O)ccc21. The lowest BCUT2D eigenvalue weighted by Crippen LogP contribution is -2.20. The quantitative estimate of drug-likeness (QED) is 0.767. The first-order valence-corrected chi connectivity index (χ1v) is 4.44. The highest BCUT2D eigenvalue weighted by Crippen LogP contribution is 2.31. The molecule has 0 saturated carbocycles. The second kappa shape index (κ2) is 4.51. The van der Waals surface area contributed by atoms with E-state index in [2.05, 4.69) is 0 Å². The maximum Gasteiger partial charge on any atom is 0.335 e.